The summed E-state index contributed by atoms with van der Waals surface area (Å²) in [5, 5.41) is 0. The Balaban J connectivity index is 2.47. The van der Waals surface area contributed by atoms with E-state index in [1.54, 1.807) is 0 Å². The average Bonchev–Trinajstić information content (AvgIpc) is 2.28. The maximum absolute atomic E-state index is 12.7. The Bertz CT molecular complexity index is 533. The standard InChI is InChI=1S/C16H21BrO3/c1-10-9-16(5,14(18)20-15(2,3)4)11-7-6-8-12(17)13(11)19-10/h6-8,10H,9H2,1-5H3. The molecule has 0 bridgehead atoms. The molecule has 2 rings (SSSR count). The van der Waals surface area contributed by atoms with Gasteiger partial charge in [-0.3, -0.25) is 4.79 Å². The molecule has 1 aliphatic rings. The minimum Gasteiger partial charge on any atom is -0.489 e. The lowest BCUT2D eigenvalue weighted by Crippen LogP contribution is -2.44. The zero-order valence-corrected chi connectivity index (χ0v) is 14.2. The highest BCUT2D eigenvalue weighted by Gasteiger charge is 2.45. The highest BCUT2D eigenvalue weighted by Crippen LogP contribution is 2.45. The van der Waals surface area contributed by atoms with Gasteiger partial charge in [0.1, 0.15) is 11.4 Å². The molecule has 0 aliphatic carbocycles. The zero-order valence-electron chi connectivity index (χ0n) is 12.6. The fraction of sp³-hybridized carbons (Fsp3) is 0.562. The Labute approximate surface area is 128 Å². The molecular weight excluding hydrogens is 320 g/mol. The number of hydrogen-bond acceptors (Lipinski definition) is 3. The molecular formula is C16H21BrO3. The van der Waals surface area contributed by atoms with Gasteiger partial charge in [0.2, 0.25) is 0 Å². The van der Waals surface area contributed by atoms with Crippen molar-refractivity contribution in [2.24, 2.45) is 0 Å². The molecule has 0 amide bonds. The molecule has 0 fully saturated rings. The van der Waals surface area contributed by atoms with Gasteiger partial charge in [-0.1, -0.05) is 12.1 Å². The monoisotopic (exact) mass is 340 g/mol. The minimum atomic E-state index is -0.677. The van der Waals surface area contributed by atoms with Crippen molar-refractivity contribution in [3.63, 3.8) is 0 Å². The number of esters is 1. The van der Waals surface area contributed by atoms with Crippen molar-refractivity contribution in [2.75, 3.05) is 0 Å². The first-order chi connectivity index (χ1) is 9.13. The van der Waals surface area contributed by atoms with Crippen molar-refractivity contribution in [2.45, 2.75) is 58.2 Å². The first-order valence-corrected chi connectivity index (χ1v) is 7.62. The van der Waals surface area contributed by atoms with Gasteiger partial charge in [0, 0.05) is 12.0 Å². The van der Waals surface area contributed by atoms with E-state index in [2.05, 4.69) is 15.9 Å². The number of carbonyl (C=O) groups excluding carboxylic acids is 1. The van der Waals surface area contributed by atoms with E-state index in [1.807, 2.05) is 52.8 Å². The van der Waals surface area contributed by atoms with Crippen LogP contribution in [0.3, 0.4) is 0 Å². The van der Waals surface area contributed by atoms with Crippen molar-refractivity contribution in [1.82, 2.24) is 0 Å². The van der Waals surface area contributed by atoms with E-state index in [-0.39, 0.29) is 12.1 Å². The normalized spacial score (nSPS) is 25.6. The summed E-state index contributed by atoms with van der Waals surface area (Å²) in [7, 11) is 0. The van der Waals surface area contributed by atoms with Crippen LogP contribution in [0.5, 0.6) is 5.75 Å². The number of rotatable bonds is 1. The quantitative estimate of drug-likeness (QED) is 0.718. The largest absolute Gasteiger partial charge is 0.489 e. The Morgan fingerprint density at radius 1 is 1.45 bits per heavy atom. The van der Waals surface area contributed by atoms with Crippen LogP contribution in [-0.2, 0) is 14.9 Å². The van der Waals surface area contributed by atoms with Crippen LogP contribution in [0.15, 0.2) is 22.7 Å². The molecule has 0 aromatic heterocycles. The molecule has 0 saturated heterocycles. The Morgan fingerprint density at radius 3 is 2.70 bits per heavy atom. The second kappa shape index (κ2) is 5.06. The molecule has 3 nitrogen and oxygen atoms in total. The molecule has 0 saturated carbocycles. The van der Waals surface area contributed by atoms with Crippen LogP contribution in [0.2, 0.25) is 0 Å². The van der Waals surface area contributed by atoms with Crippen LogP contribution >= 0.6 is 15.9 Å². The van der Waals surface area contributed by atoms with E-state index in [4.69, 9.17) is 9.47 Å². The maximum atomic E-state index is 12.7. The Kier molecular flexibility index (Phi) is 3.89. The Hall–Kier alpha value is -1.03. The average molecular weight is 341 g/mol. The van der Waals surface area contributed by atoms with E-state index >= 15 is 0 Å². The lowest BCUT2D eigenvalue weighted by Gasteiger charge is -2.39. The highest BCUT2D eigenvalue weighted by molar-refractivity contribution is 9.10. The predicted molar refractivity (Wildman–Crippen MR) is 82.0 cm³/mol. The van der Waals surface area contributed by atoms with Crippen LogP contribution in [0.25, 0.3) is 0 Å². The van der Waals surface area contributed by atoms with Crippen molar-refractivity contribution in [1.29, 1.82) is 0 Å². The molecule has 110 valence electrons. The van der Waals surface area contributed by atoms with Gasteiger partial charge in [-0.2, -0.15) is 0 Å². The molecule has 0 spiro atoms. The van der Waals surface area contributed by atoms with Crippen LogP contribution < -0.4 is 4.74 Å². The summed E-state index contributed by atoms with van der Waals surface area (Å²) in [6, 6.07) is 5.78. The van der Waals surface area contributed by atoms with E-state index in [0.717, 1.165) is 15.8 Å². The summed E-state index contributed by atoms with van der Waals surface area (Å²) < 4.78 is 12.4. The zero-order chi connectivity index (χ0) is 15.1. The number of carbonyl (C=O) groups is 1. The summed E-state index contributed by atoms with van der Waals surface area (Å²) in [6.45, 7) is 9.58. The van der Waals surface area contributed by atoms with Gasteiger partial charge in [0.25, 0.3) is 0 Å². The van der Waals surface area contributed by atoms with Crippen LogP contribution in [-0.4, -0.2) is 17.7 Å². The summed E-state index contributed by atoms with van der Waals surface area (Å²) >= 11 is 3.49. The fourth-order valence-corrected chi connectivity index (χ4v) is 3.03. The lowest BCUT2D eigenvalue weighted by molar-refractivity contribution is -0.163. The third kappa shape index (κ3) is 2.85. The third-order valence-electron chi connectivity index (χ3n) is 3.43. The predicted octanol–water partition coefficient (Wildman–Crippen LogP) is 4.22. The fourth-order valence-electron chi connectivity index (χ4n) is 2.57. The number of ether oxygens (including phenoxy) is 2. The minimum absolute atomic E-state index is 0.0290. The van der Waals surface area contributed by atoms with E-state index < -0.39 is 11.0 Å². The van der Waals surface area contributed by atoms with Gasteiger partial charge in [-0.05, 0) is 56.6 Å². The molecule has 4 heteroatoms. The first-order valence-electron chi connectivity index (χ1n) is 6.82. The summed E-state index contributed by atoms with van der Waals surface area (Å²) in [4.78, 5) is 12.7. The van der Waals surface area contributed by atoms with Gasteiger partial charge in [0.05, 0.1) is 16.0 Å². The second-order valence-electron chi connectivity index (χ2n) is 6.58. The highest BCUT2D eigenvalue weighted by atomic mass is 79.9. The molecule has 1 aliphatic heterocycles. The first kappa shape index (κ1) is 15.4. The molecule has 2 atom stereocenters. The number of fused-ring (bicyclic) bond motifs is 1. The molecule has 20 heavy (non-hydrogen) atoms. The van der Waals surface area contributed by atoms with Crippen molar-refractivity contribution < 1.29 is 14.3 Å². The van der Waals surface area contributed by atoms with E-state index in [0.29, 0.717) is 6.42 Å². The SMILES string of the molecule is CC1CC(C)(C(=O)OC(C)(C)C)c2cccc(Br)c2O1. The topological polar surface area (TPSA) is 35.5 Å². The van der Waals surface area contributed by atoms with Gasteiger partial charge >= 0.3 is 5.97 Å². The summed E-state index contributed by atoms with van der Waals surface area (Å²) in [5.41, 5.74) is -0.281. The number of hydrogen-bond donors (Lipinski definition) is 0. The number of benzene rings is 1. The molecule has 2 unspecified atom stereocenters. The number of halogens is 1. The summed E-state index contributed by atoms with van der Waals surface area (Å²) in [6.07, 6.45) is 0.587. The van der Waals surface area contributed by atoms with Crippen LogP contribution in [0.1, 0.15) is 46.6 Å². The molecule has 1 aromatic carbocycles. The Morgan fingerprint density at radius 2 is 2.10 bits per heavy atom. The molecule has 0 N–H and O–H groups in total. The summed E-state index contributed by atoms with van der Waals surface area (Å²) in [5.74, 6) is 0.555. The lowest BCUT2D eigenvalue weighted by atomic mass is 9.75. The molecule has 0 radical (unpaired) electrons. The second-order valence-corrected chi connectivity index (χ2v) is 7.44. The van der Waals surface area contributed by atoms with Crippen molar-refractivity contribution in [3.8, 4) is 5.75 Å². The molecule has 1 heterocycles. The smallest absolute Gasteiger partial charge is 0.317 e. The van der Waals surface area contributed by atoms with Gasteiger partial charge in [-0.25, -0.2) is 0 Å². The van der Waals surface area contributed by atoms with Crippen molar-refractivity contribution >= 4 is 21.9 Å². The van der Waals surface area contributed by atoms with E-state index in [9.17, 15) is 4.79 Å². The van der Waals surface area contributed by atoms with Crippen molar-refractivity contribution in [3.05, 3.63) is 28.2 Å². The van der Waals surface area contributed by atoms with Crippen LogP contribution in [0.4, 0.5) is 0 Å². The van der Waals surface area contributed by atoms with E-state index in [1.165, 1.54) is 0 Å². The van der Waals surface area contributed by atoms with Gasteiger partial charge < -0.3 is 9.47 Å². The van der Waals surface area contributed by atoms with Gasteiger partial charge in [0.15, 0.2) is 0 Å². The number of para-hydroxylation sites is 1. The van der Waals surface area contributed by atoms with Gasteiger partial charge in [-0.15, -0.1) is 0 Å². The molecule has 1 aromatic rings. The maximum Gasteiger partial charge on any atom is 0.317 e. The van der Waals surface area contributed by atoms with Crippen LogP contribution in [0, 0.1) is 0 Å². The third-order valence-corrected chi connectivity index (χ3v) is 4.05.